The molecule has 1 aliphatic heterocycles. The largest absolute Gasteiger partial charge is 0.478 e. The highest BCUT2D eigenvalue weighted by atomic mass is 16.4. The Kier molecular flexibility index (Phi) is 3.77. The molecule has 0 bridgehead atoms. The summed E-state index contributed by atoms with van der Waals surface area (Å²) in [5.74, 6) is -1.00. The van der Waals surface area contributed by atoms with Gasteiger partial charge in [0.1, 0.15) is 0 Å². The standard InChI is InChI=1S/C14H15NO3/c16-13(17)8-4-10-15-9-3-6-11-5-1-2-7-12(11)14(15)18/h1-2,4-5,7-8H,3,6,9-10H2,(H,16,17)/b8-4+. The summed E-state index contributed by atoms with van der Waals surface area (Å²) >= 11 is 0. The molecule has 18 heavy (non-hydrogen) atoms. The Morgan fingerprint density at radius 1 is 1.39 bits per heavy atom. The quantitative estimate of drug-likeness (QED) is 0.825. The molecule has 0 saturated carbocycles. The number of aliphatic carboxylic acids is 1. The minimum absolute atomic E-state index is 0.0156. The minimum Gasteiger partial charge on any atom is -0.478 e. The summed E-state index contributed by atoms with van der Waals surface area (Å²) in [5, 5.41) is 8.53. The summed E-state index contributed by atoms with van der Waals surface area (Å²) < 4.78 is 0. The lowest BCUT2D eigenvalue weighted by atomic mass is 10.0. The van der Waals surface area contributed by atoms with Crippen LogP contribution in [0.4, 0.5) is 0 Å². The van der Waals surface area contributed by atoms with Crippen molar-refractivity contribution in [1.82, 2.24) is 4.90 Å². The Morgan fingerprint density at radius 3 is 2.94 bits per heavy atom. The van der Waals surface area contributed by atoms with Gasteiger partial charge in [0.25, 0.3) is 5.91 Å². The van der Waals surface area contributed by atoms with E-state index in [1.54, 1.807) is 4.90 Å². The first-order valence-electron chi connectivity index (χ1n) is 5.95. The average molecular weight is 245 g/mol. The van der Waals surface area contributed by atoms with Gasteiger partial charge in [0.2, 0.25) is 0 Å². The van der Waals surface area contributed by atoms with Crippen molar-refractivity contribution < 1.29 is 14.7 Å². The molecule has 1 aromatic rings. The Balaban J connectivity index is 2.15. The second-order valence-electron chi connectivity index (χ2n) is 4.25. The number of fused-ring (bicyclic) bond motifs is 1. The van der Waals surface area contributed by atoms with Crippen molar-refractivity contribution in [2.24, 2.45) is 0 Å². The van der Waals surface area contributed by atoms with Gasteiger partial charge in [-0.25, -0.2) is 4.79 Å². The van der Waals surface area contributed by atoms with Crippen LogP contribution in [-0.4, -0.2) is 35.0 Å². The fraction of sp³-hybridized carbons (Fsp3) is 0.286. The third kappa shape index (κ3) is 2.77. The molecular weight excluding hydrogens is 230 g/mol. The third-order valence-electron chi connectivity index (χ3n) is 3.00. The fourth-order valence-corrected chi connectivity index (χ4v) is 2.13. The van der Waals surface area contributed by atoms with Crippen molar-refractivity contribution in [3.05, 3.63) is 47.5 Å². The number of carboxylic acid groups (broad SMARTS) is 1. The minimum atomic E-state index is -0.988. The van der Waals surface area contributed by atoms with Crippen LogP contribution < -0.4 is 0 Å². The maximum Gasteiger partial charge on any atom is 0.328 e. The van der Waals surface area contributed by atoms with E-state index in [1.807, 2.05) is 24.3 Å². The van der Waals surface area contributed by atoms with E-state index in [9.17, 15) is 9.59 Å². The molecule has 4 nitrogen and oxygen atoms in total. The molecule has 0 fully saturated rings. The highest BCUT2D eigenvalue weighted by Gasteiger charge is 2.20. The molecule has 1 N–H and O–H groups in total. The van der Waals surface area contributed by atoms with Crippen LogP contribution in [-0.2, 0) is 11.2 Å². The van der Waals surface area contributed by atoms with E-state index in [0.717, 1.165) is 30.0 Å². The molecule has 0 saturated heterocycles. The molecule has 0 atom stereocenters. The third-order valence-corrected chi connectivity index (χ3v) is 3.00. The zero-order valence-corrected chi connectivity index (χ0v) is 10.0. The molecule has 0 radical (unpaired) electrons. The maximum absolute atomic E-state index is 12.3. The highest BCUT2D eigenvalue weighted by molar-refractivity contribution is 5.96. The monoisotopic (exact) mass is 245 g/mol. The lowest BCUT2D eigenvalue weighted by Crippen LogP contribution is -2.31. The van der Waals surface area contributed by atoms with Crippen LogP contribution in [0, 0.1) is 0 Å². The molecule has 1 amide bonds. The summed E-state index contributed by atoms with van der Waals surface area (Å²) in [5.41, 5.74) is 1.81. The van der Waals surface area contributed by atoms with Crippen molar-refractivity contribution in [1.29, 1.82) is 0 Å². The molecule has 1 aliphatic rings. The average Bonchev–Trinajstić information content (AvgIpc) is 2.50. The van der Waals surface area contributed by atoms with Gasteiger partial charge in [-0.2, -0.15) is 0 Å². The molecule has 94 valence electrons. The van der Waals surface area contributed by atoms with E-state index in [-0.39, 0.29) is 5.91 Å². The number of benzene rings is 1. The van der Waals surface area contributed by atoms with Crippen LogP contribution in [0.1, 0.15) is 22.3 Å². The highest BCUT2D eigenvalue weighted by Crippen LogP contribution is 2.18. The number of carboxylic acids is 1. The lowest BCUT2D eigenvalue weighted by molar-refractivity contribution is -0.131. The van der Waals surface area contributed by atoms with Gasteiger partial charge in [-0.05, 0) is 24.5 Å². The molecule has 2 rings (SSSR count). The predicted molar refractivity (Wildman–Crippen MR) is 67.4 cm³/mol. The van der Waals surface area contributed by atoms with Gasteiger partial charge in [0.05, 0.1) is 0 Å². The van der Waals surface area contributed by atoms with Crippen LogP contribution in [0.25, 0.3) is 0 Å². The van der Waals surface area contributed by atoms with Crippen molar-refractivity contribution in [2.75, 3.05) is 13.1 Å². The van der Waals surface area contributed by atoms with E-state index in [2.05, 4.69) is 0 Å². The topological polar surface area (TPSA) is 57.6 Å². The molecule has 1 heterocycles. The van der Waals surface area contributed by atoms with E-state index in [0.29, 0.717) is 13.1 Å². The Labute approximate surface area is 106 Å². The molecule has 4 heteroatoms. The normalized spacial score (nSPS) is 15.6. The predicted octanol–water partition coefficient (Wildman–Crippen LogP) is 1.72. The van der Waals surface area contributed by atoms with Crippen molar-refractivity contribution in [3.8, 4) is 0 Å². The van der Waals surface area contributed by atoms with Gasteiger partial charge in [0.15, 0.2) is 0 Å². The van der Waals surface area contributed by atoms with Crippen LogP contribution in [0.2, 0.25) is 0 Å². The Bertz CT molecular complexity index is 494. The number of carbonyl (C=O) groups is 2. The second kappa shape index (κ2) is 5.49. The lowest BCUT2D eigenvalue weighted by Gasteiger charge is -2.18. The summed E-state index contributed by atoms with van der Waals surface area (Å²) in [7, 11) is 0. The maximum atomic E-state index is 12.3. The molecule has 0 unspecified atom stereocenters. The van der Waals surface area contributed by atoms with Gasteiger partial charge in [-0.3, -0.25) is 4.79 Å². The fourth-order valence-electron chi connectivity index (χ4n) is 2.13. The van der Waals surface area contributed by atoms with Gasteiger partial charge < -0.3 is 10.0 Å². The molecule has 0 aliphatic carbocycles. The number of carbonyl (C=O) groups excluding carboxylic acids is 1. The first-order valence-corrected chi connectivity index (χ1v) is 5.95. The Hall–Kier alpha value is -2.10. The number of nitrogens with zero attached hydrogens (tertiary/aromatic N) is 1. The summed E-state index contributed by atoms with van der Waals surface area (Å²) in [4.78, 5) is 24.3. The first kappa shape index (κ1) is 12.4. The van der Waals surface area contributed by atoms with E-state index < -0.39 is 5.97 Å². The molecule has 0 aromatic heterocycles. The van der Waals surface area contributed by atoms with Crippen LogP contribution >= 0.6 is 0 Å². The number of amides is 1. The molecule has 1 aromatic carbocycles. The van der Waals surface area contributed by atoms with Gasteiger partial charge in [0, 0.05) is 24.7 Å². The first-order chi connectivity index (χ1) is 8.68. The summed E-state index contributed by atoms with van der Waals surface area (Å²) in [6.45, 7) is 1.01. The second-order valence-corrected chi connectivity index (χ2v) is 4.25. The van der Waals surface area contributed by atoms with Crippen molar-refractivity contribution in [3.63, 3.8) is 0 Å². The summed E-state index contributed by atoms with van der Waals surface area (Å²) in [6.07, 6.45) is 4.38. The number of hydrogen-bond donors (Lipinski definition) is 1. The number of aryl methyl sites for hydroxylation is 1. The van der Waals surface area contributed by atoms with Crippen molar-refractivity contribution in [2.45, 2.75) is 12.8 Å². The van der Waals surface area contributed by atoms with E-state index >= 15 is 0 Å². The zero-order chi connectivity index (χ0) is 13.0. The van der Waals surface area contributed by atoms with E-state index in [1.165, 1.54) is 6.08 Å². The van der Waals surface area contributed by atoms with Gasteiger partial charge in [-0.15, -0.1) is 0 Å². The number of rotatable bonds is 3. The molecular formula is C14H15NO3. The van der Waals surface area contributed by atoms with Crippen LogP contribution in [0.5, 0.6) is 0 Å². The van der Waals surface area contributed by atoms with Crippen LogP contribution in [0.15, 0.2) is 36.4 Å². The molecule has 0 spiro atoms. The van der Waals surface area contributed by atoms with Crippen LogP contribution in [0.3, 0.4) is 0 Å². The zero-order valence-electron chi connectivity index (χ0n) is 10.0. The SMILES string of the molecule is O=C(O)/C=C/CN1CCCc2ccccc2C1=O. The Morgan fingerprint density at radius 2 is 2.17 bits per heavy atom. The number of hydrogen-bond acceptors (Lipinski definition) is 2. The van der Waals surface area contributed by atoms with Crippen molar-refractivity contribution >= 4 is 11.9 Å². The summed E-state index contributed by atoms with van der Waals surface area (Å²) in [6, 6.07) is 7.60. The smallest absolute Gasteiger partial charge is 0.328 e. The van der Waals surface area contributed by atoms with Gasteiger partial charge in [-0.1, -0.05) is 24.3 Å². The van der Waals surface area contributed by atoms with Gasteiger partial charge >= 0.3 is 5.97 Å². The van der Waals surface area contributed by atoms with E-state index in [4.69, 9.17) is 5.11 Å².